The van der Waals surface area contributed by atoms with Crippen LogP contribution in [0.5, 0.6) is 5.75 Å². The Morgan fingerprint density at radius 1 is 1.22 bits per heavy atom. The Balaban J connectivity index is 0.00000161. The number of hydrogen-bond acceptors (Lipinski definition) is 5. The third-order valence-electron chi connectivity index (χ3n) is 3.46. The molecule has 0 bridgehead atoms. The van der Waals surface area contributed by atoms with Gasteiger partial charge in [0.1, 0.15) is 10.8 Å². The lowest BCUT2D eigenvalue weighted by Crippen LogP contribution is -2.42. The molecule has 8 heteroatoms. The summed E-state index contributed by atoms with van der Waals surface area (Å²) in [4.78, 5) is 7.20. The van der Waals surface area contributed by atoms with E-state index in [1.807, 2.05) is 18.2 Å². The maximum Gasteiger partial charge on any atom is 0.123 e. The minimum Gasteiger partial charge on any atom is -0.497 e. The van der Waals surface area contributed by atoms with Gasteiger partial charge in [0.2, 0.25) is 0 Å². The lowest BCUT2D eigenvalue weighted by molar-refractivity contribution is 0.231. The lowest BCUT2D eigenvalue weighted by atomic mass is 10.2. The third kappa shape index (κ3) is 6.10. The molecule has 1 aromatic heterocycles. The van der Waals surface area contributed by atoms with Crippen LogP contribution in [0.3, 0.4) is 0 Å². The van der Waals surface area contributed by atoms with E-state index in [1.54, 1.807) is 18.4 Å². The molecule has 0 unspecified atom stereocenters. The first-order valence-corrected chi connectivity index (χ1v) is 7.75. The van der Waals surface area contributed by atoms with Crippen LogP contribution in [0, 0.1) is 0 Å². The number of thiazole rings is 1. The first-order valence-electron chi connectivity index (χ1n) is 6.87. The van der Waals surface area contributed by atoms with Gasteiger partial charge in [-0.15, -0.1) is 48.6 Å². The molecule has 4 nitrogen and oxygen atoms in total. The van der Waals surface area contributed by atoms with Crippen molar-refractivity contribution in [3.8, 4) is 16.3 Å². The molecule has 1 N–H and O–H groups in total. The van der Waals surface area contributed by atoms with Gasteiger partial charge in [0, 0.05) is 43.7 Å². The molecule has 23 heavy (non-hydrogen) atoms. The molecule has 1 saturated heterocycles. The predicted molar refractivity (Wildman–Crippen MR) is 104 cm³/mol. The smallest absolute Gasteiger partial charge is 0.123 e. The van der Waals surface area contributed by atoms with Crippen LogP contribution in [-0.2, 0) is 6.54 Å². The molecule has 1 aliphatic heterocycles. The zero-order valence-electron chi connectivity index (χ0n) is 12.9. The molecule has 1 fully saturated rings. The molecule has 1 aromatic carbocycles. The average molecular weight is 399 g/mol. The van der Waals surface area contributed by atoms with E-state index < -0.39 is 0 Å². The van der Waals surface area contributed by atoms with E-state index >= 15 is 0 Å². The number of nitrogens with one attached hydrogen (secondary N) is 1. The number of aromatic nitrogens is 1. The Morgan fingerprint density at radius 3 is 2.65 bits per heavy atom. The number of rotatable bonds is 4. The van der Waals surface area contributed by atoms with Gasteiger partial charge >= 0.3 is 0 Å². The van der Waals surface area contributed by atoms with E-state index in [1.165, 1.54) is 0 Å². The minimum absolute atomic E-state index is 0. The van der Waals surface area contributed by atoms with Gasteiger partial charge in [-0.1, -0.05) is 12.1 Å². The van der Waals surface area contributed by atoms with Crippen LogP contribution in [0.2, 0.25) is 0 Å². The largest absolute Gasteiger partial charge is 0.497 e. The zero-order chi connectivity index (χ0) is 13.8. The quantitative estimate of drug-likeness (QED) is 0.855. The van der Waals surface area contributed by atoms with E-state index in [0.717, 1.165) is 54.7 Å². The molecule has 1 aliphatic rings. The fourth-order valence-corrected chi connectivity index (χ4v) is 3.17. The van der Waals surface area contributed by atoms with Crippen molar-refractivity contribution in [2.75, 3.05) is 33.3 Å². The van der Waals surface area contributed by atoms with Crippen molar-refractivity contribution in [1.29, 1.82) is 0 Å². The SMILES string of the molecule is COc1cccc(-c2nc(CN3CCNCC3)cs2)c1.Cl.Cl.Cl. The molecule has 3 rings (SSSR count). The van der Waals surface area contributed by atoms with Crippen molar-refractivity contribution in [1.82, 2.24) is 15.2 Å². The van der Waals surface area contributed by atoms with Gasteiger partial charge in [0.25, 0.3) is 0 Å². The molecule has 2 aromatic rings. The average Bonchev–Trinajstić information content (AvgIpc) is 2.97. The third-order valence-corrected chi connectivity index (χ3v) is 4.40. The first-order chi connectivity index (χ1) is 9.85. The van der Waals surface area contributed by atoms with Gasteiger partial charge in [0.15, 0.2) is 0 Å². The Kier molecular flexibility index (Phi) is 10.8. The summed E-state index contributed by atoms with van der Waals surface area (Å²) in [6.07, 6.45) is 0. The van der Waals surface area contributed by atoms with Gasteiger partial charge in [0.05, 0.1) is 12.8 Å². The highest BCUT2D eigenvalue weighted by Gasteiger charge is 2.12. The van der Waals surface area contributed by atoms with Gasteiger partial charge in [-0.25, -0.2) is 4.98 Å². The van der Waals surface area contributed by atoms with Crippen LogP contribution in [0.4, 0.5) is 0 Å². The number of nitrogens with zero attached hydrogens (tertiary/aromatic N) is 2. The molecule has 0 spiro atoms. The van der Waals surface area contributed by atoms with E-state index in [4.69, 9.17) is 9.72 Å². The van der Waals surface area contributed by atoms with Gasteiger partial charge in [-0.2, -0.15) is 0 Å². The van der Waals surface area contributed by atoms with Crippen molar-refractivity contribution in [3.05, 3.63) is 35.3 Å². The van der Waals surface area contributed by atoms with Crippen LogP contribution in [0.15, 0.2) is 29.6 Å². The van der Waals surface area contributed by atoms with E-state index in [0.29, 0.717) is 0 Å². The highest BCUT2D eigenvalue weighted by atomic mass is 35.5. The Morgan fingerprint density at radius 2 is 1.96 bits per heavy atom. The summed E-state index contributed by atoms with van der Waals surface area (Å²) >= 11 is 1.70. The summed E-state index contributed by atoms with van der Waals surface area (Å²) in [6.45, 7) is 5.31. The zero-order valence-corrected chi connectivity index (χ0v) is 16.1. The molecule has 0 radical (unpaired) electrons. The van der Waals surface area contributed by atoms with Crippen LogP contribution in [0.1, 0.15) is 5.69 Å². The molecule has 130 valence electrons. The van der Waals surface area contributed by atoms with Gasteiger partial charge in [-0.05, 0) is 12.1 Å². The molecule has 0 amide bonds. The van der Waals surface area contributed by atoms with E-state index in [2.05, 4.69) is 21.7 Å². The number of hydrogen-bond donors (Lipinski definition) is 1. The summed E-state index contributed by atoms with van der Waals surface area (Å²) in [5.74, 6) is 0.876. The number of methoxy groups -OCH3 is 1. The Hall–Kier alpha value is -0.560. The maximum atomic E-state index is 5.27. The minimum atomic E-state index is 0. The van der Waals surface area contributed by atoms with Crippen molar-refractivity contribution in [3.63, 3.8) is 0 Å². The summed E-state index contributed by atoms with van der Waals surface area (Å²) < 4.78 is 5.27. The number of benzene rings is 1. The molecular formula is C15H22Cl3N3OS. The van der Waals surface area contributed by atoms with Crippen molar-refractivity contribution in [2.24, 2.45) is 0 Å². The maximum absolute atomic E-state index is 5.27. The molecule has 0 atom stereocenters. The predicted octanol–water partition coefficient (Wildman–Crippen LogP) is 3.49. The van der Waals surface area contributed by atoms with Gasteiger partial charge < -0.3 is 10.1 Å². The van der Waals surface area contributed by atoms with E-state index in [9.17, 15) is 0 Å². The van der Waals surface area contributed by atoms with Crippen LogP contribution >= 0.6 is 48.6 Å². The normalized spacial score (nSPS) is 14.1. The Labute approximate surface area is 159 Å². The molecule has 0 aliphatic carbocycles. The van der Waals surface area contributed by atoms with Crippen molar-refractivity contribution in [2.45, 2.75) is 6.54 Å². The fraction of sp³-hybridized carbons (Fsp3) is 0.400. The van der Waals surface area contributed by atoms with Crippen molar-refractivity contribution >= 4 is 48.6 Å². The van der Waals surface area contributed by atoms with E-state index in [-0.39, 0.29) is 37.2 Å². The second kappa shape index (κ2) is 11.1. The van der Waals surface area contributed by atoms with Crippen LogP contribution in [-0.4, -0.2) is 43.2 Å². The van der Waals surface area contributed by atoms with Crippen LogP contribution in [0.25, 0.3) is 10.6 Å². The van der Waals surface area contributed by atoms with Gasteiger partial charge in [-0.3, -0.25) is 4.90 Å². The summed E-state index contributed by atoms with van der Waals surface area (Å²) in [6, 6.07) is 8.08. The number of piperazine rings is 1. The fourth-order valence-electron chi connectivity index (χ4n) is 2.37. The number of halogens is 3. The molecule has 0 saturated carbocycles. The topological polar surface area (TPSA) is 37.4 Å². The highest BCUT2D eigenvalue weighted by molar-refractivity contribution is 7.13. The monoisotopic (exact) mass is 397 g/mol. The second-order valence-electron chi connectivity index (χ2n) is 4.90. The highest BCUT2D eigenvalue weighted by Crippen LogP contribution is 2.27. The summed E-state index contributed by atoms with van der Waals surface area (Å²) in [7, 11) is 1.69. The second-order valence-corrected chi connectivity index (χ2v) is 5.76. The van der Waals surface area contributed by atoms with Crippen molar-refractivity contribution < 1.29 is 4.74 Å². The lowest BCUT2D eigenvalue weighted by Gasteiger charge is -2.26. The summed E-state index contributed by atoms with van der Waals surface area (Å²) in [5.41, 5.74) is 2.29. The Bertz CT molecular complexity index is 577. The number of ether oxygens (including phenoxy) is 1. The first kappa shape index (κ1) is 22.4. The standard InChI is InChI=1S/C15H19N3OS.3ClH/c1-19-14-4-2-3-12(9-14)15-17-13(11-20-15)10-18-7-5-16-6-8-18;;;/h2-4,9,11,16H,5-8,10H2,1H3;3*1H. The molecular weight excluding hydrogens is 377 g/mol. The summed E-state index contributed by atoms with van der Waals surface area (Å²) in [5, 5.41) is 6.60. The molecule has 2 heterocycles. The van der Waals surface area contributed by atoms with Crippen LogP contribution < -0.4 is 10.1 Å².